The van der Waals surface area contributed by atoms with Crippen molar-refractivity contribution in [3.8, 4) is 0 Å². The molecule has 0 amide bonds. The highest BCUT2D eigenvalue weighted by Gasteiger charge is 2.41. The summed E-state index contributed by atoms with van der Waals surface area (Å²) in [6.07, 6.45) is -2.21. The van der Waals surface area contributed by atoms with E-state index in [2.05, 4.69) is 4.98 Å². The molecule has 5 rings (SSSR count). The second-order valence-electron chi connectivity index (χ2n) is 10.4. The highest BCUT2D eigenvalue weighted by molar-refractivity contribution is 5.85. The minimum Gasteiger partial charge on any atom is -0.393 e. The topological polar surface area (TPSA) is 42.5 Å². The normalized spacial score (nSPS) is 22.7. The molecule has 0 spiro atoms. The number of likely N-dealkylation sites (tertiary alicyclic amines) is 1. The second-order valence-corrected chi connectivity index (χ2v) is 10.4. The van der Waals surface area contributed by atoms with Crippen molar-refractivity contribution in [3.05, 3.63) is 70.4 Å². The van der Waals surface area contributed by atoms with E-state index < -0.39 is 49.2 Å². The lowest BCUT2D eigenvalue weighted by Crippen LogP contribution is -2.48. The Bertz CT molecular complexity index is 1220. The van der Waals surface area contributed by atoms with Crippen LogP contribution in [0.4, 0.5) is 22.0 Å². The molecule has 3 aromatic rings. The standard InChI is InChI=1S/C28H32F5N3O/c1-16-9-21-20-5-2-3-6-24(20)34-27(21)28(36(16)14-19(30)15-37)25-22(31)10-17(11-23(25)32)26(33)18-12-35(13-18)8-4-7-29/h2-3,5-6,10-11,16,18-19,26,28,34,37H,4,7-9,12-15H2,1H3/t16-,19+,26-,28?/m1/s1. The molecule has 1 fully saturated rings. The van der Waals surface area contributed by atoms with E-state index in [1.807, 2.05) is 36.1 Å². The zero-order valence-corrected chi connectivity index (χ0v) is 20.7. The predicted molar refractivity (Wildman–Crippen MR) is 133 cm³/mol. The van der Waals surface area contributed by atoms with Crippen molar-refractivity contribution in [1.82, 2.24) is 14.8 Å². The van der Waals surface area contributed by atoms with Crippen LogP contribution in [0.15, 0.2) is 36.4 Å². The van der Waals surface area contributed by atoms with Gasteiger partial charge in [0.2, 0.25) is 0 Å². The molecule has 2 aliphatic rings. The molecule has 2 N–H and O–H groups in total. The number of aliphatic hydroxyl groups excluding tert-OH is 1. The van der Waals surface area contributed by atoms with Crippen LogP contribution in [0.3, 0.4) is 0 Å². The first-order chi connectivity index (χ1) is 17.8. The molecule has 4 atom stereocenters. The minimum atomic E-state index is -1.59. The number of halogens is 5. The summed E-state index contributed by atoms with van der Waals surface area (Å²) >= 11 is 0. The fraction of sp³-hybridized carbons (Fsp3) is 0.500. The van der Waals surface area contributed by atoms with Gasteiger partial charge in [-0.05, 0) is 49.1 Å². The van der Waals surface area contributed by atoms with Gasteiger partial charge in [0, 0.05) is 60.3 Å². The average Bonchev–Trinajstić information content (AvgIpc) is 3.22. The Hall–Kier alpha value is -2.49. The SMILES string of the molecule is C[C@@H]1Cc2c([nH]c3ccccc23)C(c2c(F)cc([C@@H](F)C3CN(CCCF)C3)cc2F)N1C[C@H](F)CO. The molecule has 0 bridgehead atoms. The number of nitrogens with zero attached hydrogens (tertiary/aromatic N) is 2. The lowest BCUT2D eigenvalue weighted by atomic mass is 9.85. The molecule has 9 heteroatoms. The Kier molecular flexibility index (Phi) is 7.56. The number of rotatable bonds is 9. The van der Waals surface area contributed by atoms with Gasteiger partial charge in [0.1, 0.15) is 24.0 Å². The maximum absolute atomic E-state index is 15.7. The summed E-state index contributed by atoms with van der Waals surface area (Å²) in [6.45, 7) is 1.89. The van der Waals surface area contributed by atoms with Gasteiger partial charge in [0.25, 0.3) is 0 Å². The number of H-pyrrole nitrogens is 1. The first kappa shape index (κ1) is 26.1. The molecule has 37 heavy (non-hydrogen) atoms. The van der Waals surface area contributed by atoms with Crippen LogP contribution in [0.5, 0.6) is 0 Å². The van der Waals surface area contributed by atoms with Gasteiger partial charge in [-0.2, -0.15) is 0 Å². The highest BCUT2D eigenvalue weighted by Crippen LogP contribution is 2.43. The molecule has 200 valence electrons. The van der Waals surface area contributed by atoms with Crippen molar-refractivity contribution in [2.24, 2.45) is 5.92 Å². The van der Waals surface area contributed by atoms with Crippen molar-refractivity contribution in [3.63, 3.8) is 0 Å². The van der Waals surface area contributed by atoms with E-state index in [1.165, 1.54) is 0 Å². The number of aromatic amines is 1. The van der Waals surface area contributed by atoms with Gasteiger partial charge in [-0.15, -0.1) is 0 Å². The van der Waals surface area contributed by atoms with E-state index in [1.54, 1.807) is 4.90 Å². The largest absolute Gasteiger partial charge is 0.393 e. The molecule has 0 saturated carbocycles. The van der Waals surface area contributed by atoms with Crippen LogP contribution in [-0.2, 0) is 6.42 Å². The van der Waals surface area contributed by atoms with Crippen LogP contribution in [0.25, 0.3) is 10.9 Å². The van der Waals surface area contributed by atoms with Crippen molar-refractivity contribution in [1.29, 1.82) is 0 Å². The number of hydrogen-bond donors (Lipinski definition) is 2. The van der Waals surface area contributed by atoms with Crippen molar-refractivity contribution >= 4 is 10.9 Å². The summed E-state index contributed by atoms with van der Waals surface area (Å²) in [4.78, 5) is 6.88. The van der Waals surface area contributed by atoms with Gasteiger partial charge in [-0.25, -0.2) is 17.6 Å². The fourth-order valence-corrected chi connectivity index (χ4v) is 5.95. The number of fused-ring (bicyclic) bond motifs is 3. The number of benzene rings is 2. The first-order valence-corrected chi connectivity index (χ1v) is 12.8. The van der Waals surface area contributed by atoms with Crippen molar-refractivity contribution in [2.75, 3.05) is 39.5 Å². The summed E-state index contributed by atoms with van der Waals surface area (Å²) in [5.74, 6) is -2.19. The number of hydrogen-bond acceptors (Lipinski definition) is 3. The van der Waals surface area contributed by atoms with E-state index in [9.17, 15) is 13.9 Å². The average molecular weight is 522 g/mol. The third-order valence-electron chi connectivity index (χ3n) is 7.82. The Morgan fingerprint density at radius 1 is 1.11 bits per heavy atom. The molecule has 2 aromatic carbocycles. The molecule has 4 nitrogen and oxygen atoms in total. The monoisotopic (exact) mass is 521 g/mol. The number of aromatic nitrogens is 1. The van der Waals surface area contributed by atoms with Crippen LogP contribution in [0.1, 0.15) is 47.9 Å². The van der Waals surface area contributed by atoms with Gasteiger partial charge < -0.3 is 15.0 Å². The number of aliphatic hydroxyl groups is 1. The van der Waals surface area contributed by atoms with Crippen molar-refractivity contribution in [2.45, 2.75) is 44.2 Å². The molecule has 0 radical (unpaired) electrons. The summed E-state index contributed by atoms with van der Waals surface area (Å²) in [5, 5.41) is 10.3. The van der Waals surface area contributed by atoms with Gasteiger partial charge in [0.15, 0.2) is 0 Å². The first-order valence-electron chi connectivity index (χ1n) is 12.8. The molecule has 1 saturated heterocycles. The molecule has 3 heterocycles. The Balaban J connectivity index is 1.51. The van der Waals surface area contributed by atoms with E-state index in [4.69, 9.17) is 0 Å². The van der Waals surface area contributed by atoms with E-state index in [0.29, 0.717) is 38.2 Å². The second kappa shape index (κ2) is 10.7. The Labute approximate surface area is 213 Å². The van der Waals surface area contributed by atoms with Gasteiger partial charge >= 0.3 is 0 Å². The third-order valence-corrected chi connectivity index (χ3v) is 7.82. The molecular formula is C28H32F5N3O. The fourth-order valence-electron chi connectivity index (χ4n) is 5.95. The Morgan fingerprint density at radius 2 is 1.81 bits per heavy atom. The third kappa shape index (κ3) is 4.89. The molecular weight excluding hydrogens is 489 g/mol. The maximum Gasteiger partial charge on any atom is 0.136 e. The molecule has 2 aliphatic heterocycles. The molecule has 1 aromatic heterocycles. The van der Waals surface area contributed by atoms with Crippen LogP contribution in [0.2, 0.25) is 0 Å². The van der Waals surface area contributed by atoms with Crippen LogP contribution in [-0.4, -0.2) is 71.6 Å². The summed E-state index contributed by atoms with van der Waals surface area (Å²) in [5.41, 5.74) is 1.97. The number of para-hydroxylation sites is 1. The quantitative estimate of drug-likeness (QED) is 0.370. The minimum absolute atomic E-state index is 0.0695. The van der Waals surface area contributed by atoms with Gasteiger partial charge in [-0.3, -0.25) is 9.29 Å². The van der Waals surface area contributed by atoms with Gasteiger partial charge in [-0.1, -0.05) is 18.2 Å². The summed E-state index contributed by atoms with van der Waals surface area (Å²) < 4.78 is 73.4. The zero-order valence-electron chi connectivity index (χ0n) is 20.7. The lowest BCUT2D eigenvalue weighted by Gasteiger charge is -2.42. The number of nitrogens with one attached hydrogen (secondary N) is 1. The Morgan fingerprint density at radius 3 is 2.49 bits per heavy atom. The van der Waals surface area contributed by atoms with Crippen LogP contribution in [0, 0.1) is 17.6 Å². The smallest absolute Gasteiger partial charge is 0.136 e. The molecule has 0 aliphatic carbocycles. The van der Waals surface area contributed by atoms with Crippen molar-refractivity contribution < 1.29 is 27.1 Å². The van der Waals surface area contributed by atoms with Crippen LogP contribution >= 0.6 is 0 Å². The summed E-state index contributed by atoms with van der Waals surface area (Å²) in [6, 6.07) is 8.43. The summed E-state index contributed by atoms with van der Waals surface area (Å²) in [7, 11) is 0. The predicted octanol–water partition coefficient (Wildman–Crippen LogP) is 5.41. The highest BCUT2D eigenvalue weighted by atomic mass is 19.1. The van der Waals surface area contributed by atoms with Gasteiger partial charge in [0.05, 0.1) is 19.3 Å². The van der Waals surface area contributed by atoms with Crippen LogP contribution < -0.4 is 0 Å². The maximum atomic E-state index is 15.7. The lowest BCUT2D eigenvalue weighted by molar-refractivity contribution is 0.0360. The molecule has 1 unspecified atom stereocenters. The number of alkyl halides is 3. The van der Waals surface area contributed by atoms with E-state index in [0.717, 1.165) is 28.6 Å². The zero-order chi connectivity index (χ0) is 26.3. The van der Waals surface area contributed by atoms with E-state index in [-0.39, 0.29) is 23.7 Å². The van der Waals surface area contributed by atoms with E-state index >= 15 is 13.2 Å².